The van der Waals surface area contributed by atoms with E-state index in [2.05, 4.69) is 38.0 Å². The van der Waals surface area contributed by atoms with Crippen LogP contribution in [0.2, 0.25) is 0 Å². The van der Waals surface area contributed by atoms with Crippen LogP contribution in [0.5, 0.6) is 0 Å². The van der Waals surface area contributed by atoms with Gasteiger partial charge in [-0.25, -0.2) is 19.3 Å². The third kappa shape index (κ3) is 3.49. The first-order chi connectivity index (χ1) is 13.7. The van der Waals surface area contributed by atoms with E-state index in [1.807, 2.05) is 16.4 Å². The molecule has 0 spiro atoms. The zero-order chi connectivity index (χ0) is 19.1. The van der Waals surface area contributed by atoms with E-state index in [1.54, 1.807) is 29.9 Å². The molecule has 0 saturated heterocycles. The largest absolute Gasteiger partial charge is 0.344 e. The van der Waals surface area contributed by atoms with Crippen molar-refractivity contribution < 1.29 is 4.39 Å². The molecule has 142 valence electrons. The molecule has 7 heteroatoms. The fourth-order valence-corrected chi connectivity index (χ4v) is 5.19. The average Bonchev–Trinajstić information content (AvgIpc) is 3.12. The summed E-state index contributed by atoms with van der Waals surface area (Å²) in [6.07, 6.45) is 16.0. The topological polar surface area (TPSA) is 41.9 Å². The van der Waals surface area contributed by atoms with Gasteiger partial charge in [-0.05, 0) is 59.3 Å². The molecule has 5 rings (SSSR count). The lowest BCUT2D eigenvalue weighted by atomic mass is 9.78. The molecule has 0 amide bonds. The van der Waals surface area contributed by atoms with Crippen LogP contribution in [0, 0.1) is 5.92 Å². The number of fused-ring (bicyclic) bond motifs is 2. The van der Waals surface area contributed by atoms with Crippen LogP contribution >= 0.6 is 27.3 Å². The maximum atomic E-state index is 13.6. The first-order valence-electron chi connectivity index (χ1n) is 9.32. The Morgan fingerprint density at radius 2 is 1.93 bits per heavy atom. The first kappa shape index (κ1) is 17.9. The molecule has 1 saturated carbocycles. The minimum absolute atomic E-state index is 0.181. The summed E-state index contributed by atoms with van der Waals surface area (Å²) in [4.78, 5) is 15.6. The highest BCUT2D eigenvalue weighted by Gasteiger charge is 2.31. The van der Waals surface area contributed by atoms with E-state index >= 15 is 0 Å². The van der Waals surface area contributed by atoms with Gasteiger partial charge in [0.1, 0.15) is 11.5 Å². The Bertz CT molecular complexity index is 1020. The molecule has 2 aromatic rings. The number of hydrogen-bond donors (Lipinski definition) is 0. The lowest BCUT2D eigenvalue weighted by Gasteiger charge is -2.33. The second-order valence-electron chi connectivity index (χ2n) is 7.30. The molecule has 4 heterocycles. The Kier molecular flexibility index (Phi) is 4.72. The summed E-state index contributed by atoms with van der Waals surface area (Å²) in [5, 5.41) is 3.20. The van der Waals surface area contributed by atoms with Crippen molar-refractivity contribution in [3.8, 4) is 11.5 Å². The van der Waals surface area contributed by atoms with Crippen LogP contribution in [0.3, 0.4) is 0 Å². The minimum Gasteiger partial charge on any atom is -0.344 e. The number of aromatic nitrogens is 3. The molecule has 0 N–H and O–H groups in total. The van der Waals surface area contributed by atoms with Crippen LogP contribution in [0.1, 0.15) is 30.2 Å². The lowest BCUT2D eigenvalue weighted by Crippen LogP contribution is -2.28. The highest BCUT2D eigenvalue weighted by atomic mass is 79.9. The van der Waals surface area contributed by atoms with Crippen molar-refractivity contribution in [1.82, 2.24) is 19.9 Å². The van der Waals surface area contributed by atoms with Crippen molar-refractivity contribution in [2.45, 2.75) is 25.2 Å². The molecule has 28 heavy (non-hydrogen) atoms. The predicted molar refractivity (Wildman–Crippen MR) is 112 cm³/mol. The van der Waals surface area contributed by atoms with E-state index in [0.29, 0.717) is 17.7 Å². The zero-order valence-corrected chi connectivity index (χ0v) is 17.5. The standard InChI is InChI=1S/C21H18BrFN4S/c22-16-8-24-20(25-9-16)19-12-28-21(26-19)14-1-2-15-10-27-11-17(23)4-6-18(27)5-3-13(15)7-14/h3-6,8-9,11-12,14-15H,1-2,7,10H2/t14-,15-/m1/s1. The molecule has 2 atom stereocenters. The summed E-state index contributed by atoms with van der Waals surface area (Å²) in [6, 6.07) is 0. The maximum absolute atomic E-state index is 13.6. The molecule has 1 aliphatic carbocycles. The van der Waals surface area contributed by atoms with Gasteiger partial charge < -0.3 is 4.90 Å². The van der Waals surface area contributed by atoms with Gasteiger partial charge in [-0.15, -0.1) is 11.3 Å². The van der Waals surface area contributed by atoms with Crippen molar-refractivity contribution in [3.63, 3.8) is 0 Å². The predicted octanol–water partition coefficient (Wildman–Crippen LogP) is 5.75. The first-order valence-corrected chi connectivity index (χ1v) is 11.0. The monoisotopic (exact) mass is 456 g/mol. The molecule has 0 unspecified atom stereocenters. The maximum Gasteiger partial charge on any atom is 0.179 e. The number of allylic oxidation sites excluding steroid dienone is 5. The Hall–Kier alpha value is -2.12. The second-order valence-corrected chi connectivity index (χ2v) is 9.11. The van der Waals surface area contributed by atoms with E-state index in [9.17, 15) is 4.39 Å². The number of nitrogens with zero attached hydrogens (tertiary/aromatic N) is 4. The molecule has 0 aromatic carbocycles. The average molecular weight is 457 g/mol. The molecule has 0 radical (unpaired) electrons. The van der Waals surface area contributed by atoms with Crippen molar-refractivity contribution in [3.05, 3.63) is 74.9 Å². The normalized spacial score (nSPS) is 23.9. The van der Waals surface area contributed by atoms with Crippen LogP contribution in [0.25, 0.3) is 11.5 Å². The van der Waals surface area contributed by atoms with E-state index in [1.165, 1.54) is 11.6 Å². The summed E-state index contributed by atoms with van der Waals surface area (Å²) < 4.78 is 14.5. The van der Waals surface area contributed by atoms with E-state index in [-0.39, 0.29) is 5.83 Å². The number of rotatable bonds is 2. The van der Waals surface area contributed by atoms with Crippen molar-refractivity contribution in [2.75, 3.05) is 6.54 Å². The third-order valence-electron chi connectivity index (χ3n) is 5.50. The molecule has 2 aliphatic heterocycles. The minimum atomic E-state index is -0.181. The van der Waals surface area contributed by atoms with Crippen LogP contribution in [-0.4, -0.2) is 26.4 Å². The number of hydrogen-bond acceptors (Lipinski definition) is 5. The van der Waals surface area contributed by atoms with Crippen LogP contribution < -0.4 is 0 Å². The summed E-state index contributed by atoms with van der Waals surface area (Å²) in [5.41, 5.74) is 3.34. The second kappa shape index (κ2) is 7.37. The van der Waals surface area contributed by atoms with Gasteiger partial charge in [-0.2, -0.15) is 0 Å². The quantitative estimate of drug-likeness (QED) is 0.576. The summed E-state index contributed by atoms with van der Waals surface area (Å²) in [7, 11) is 0. The summed E-state index contributed by atoms with van der Waals surface area (Å²) >= 11 is 5.06. The third-order valence-corrected chi connectivity index (χ3v) is 6.92. The van der Waals surface area contributed by atoms with Gasteiger partial charge in [0.05, 0.1) is 9.48 Å². The van der Waals surface area contributed by atoms with Crippen molar-refractivity contribution in [2.24, 2.45) is 5.92 Å². The Morgan fingerprint density at radius 3 is 2.79 bits per heavy atom. The molecule has 3 aliphatic rings. The zero-order valence-electron chi connectivity index (χ0n) is 15.1. The molecule has 4 nitrogen and oxygen atoms in total. The van der Waals surface area contributed by atoms with Gasteiger partial charge >= 0.3 is 0 Å². The summed E-state index contributed by atoms with van der Waals surface area (Å²) in [5.74, 6) is 1.37. The van der Waals surface area contributed by atoms with Gasteiger partial charge in [0.2, 0.25) is 0 Å². The summed E-state index contributed by atoms with van der Waals surface area (Å²) in [6.45, 7) is 0.845. The van der Waals surface area contributed by atoms with Gasteiger partial charge in [-0.3, -0.25) is 0 Å². The van der Waals surface area contributed by atoms with Gasteiger partial charge in [0.25, 0.3) is 0 Å². The van der Waals surface area contributed by atoms with Crippen molar-refractivity contribution >= 4 is 27.3 Å². The molecular weight excluding hydrogens is 439 g/mol. The van der Waals surface area contributed by atoms with E-state index in [0.717, 1.165) is 46.7 Å². The van der Waals surface area contributed by atoms with Crippen LogP contribution in [-0.2, 0) is 0 Å². The Labute approximate surface area is 175 Å². The SMILES string of the molecule is FC1=CN2C[C@H]3CC[C@@H](c4nc(-c5ncc(Br)cn5)cs4)CC3=CC=C2C=C1. The van der Waals surface area contributed by atoms with E-state index < -0.39 is 0 Å². The highest BCUT2D eigenvalue weighted by Crippen LogP contribution is 2.42. The van der Waals surface area contributed by atoms with Gasteiger partial charge in [0.15, 0.2) is 5.82 Å². The van der Waals surface area contributed by atoms with Gasteiger partial charge in [-0.1, -0.05) is 11.6 Å². The lowest BCUT2D eigenvalue weighted by molar-refractivity contribution is 0.331. The highest BCUT2D eigenvalue weighted by molar-refractivity contribution is 9.10. The Balaban J connectivity index is 1.35. The van der Waals surface area contributed by atoms with Crippen LogP contribution in [0.4, 0.5) is 4.39 Å². The van der Waals surface area contributed by atoms with Crippen molar-refractivity contribution in [1.29, 1.82) is 0 Å². The van der Waals surface area contributed by atoms with Gasteiger partial charge in [0, 0.05) is 42.1 Å². The molecule has 0 bridgehead atoms. The fraction of sp³-hybridized carbons (Fsp3) is 0.286. The smallest absolute Gasteiger partial charge is 0.179 e. The molecule has 2 aromatic heterocycles. The van der Waals surface area contributed by atoms with E-state index in [4.69, 9.17) is 4.98 Å². The number of halogens is 2. The molecular formula is C21H18BrFN4S. The molecule has 1 fully saturated rings. The fourth-order valence-electron chi connectivity index (χ4n) is 4.05. The Morgan fingerprint density at radius 1 is 1.11 bits per heavy atom. The van der Waals surface area contributed by atoms with Crippen LogP contribution in [0.15, 0.2) is 69.8 Å². The number of thiazole rings is 1.